The van der Waals surface area contributed by atoms with Gasteiger partial charge in [-0.25, -0.2) is 0 Å². The fourth-order valence-electron chi connectivity index (χ4n) is 1.83. The molecular formula is C8H15N3. The van der Waals surface area contributed by atoms with E-state index in [0.29, 0.717) is 6.04 Å². The van der Waals surface area contributed by atoms with Gasteiger partial charge in [-0.3, -0.25) is 4.99 Å². The molecule has 62 valence electrons. The molecule has 0 saturated carbocycles. The van der Waals surface area contributed by atoms with E-state index in [-0.39, 0.29) is 0 Å². The first kappa shape index (κ1) is 7.10. The number of aliphatic imine (C=N–C) groups is 1. The Hall–Kier alpha value is -0.570. The smallest absolute Gasteiger partial charge is 0.116 e. The predicted octanol–water partition coefficient (Wildman–Crippen LogP) is 0.0823. The van der Waals surface area contributed by atoms with Gasteiger partial charge in [0, 0.05) is 13.6 Å². The van der Waals surface area contributed by atoms with E-state index in [1.54, 1.807) is 0 Å². The SMILES string of the molecule is CN1CCN=C1[C@@H]1CCCN1. The van der Waals surface area contributed by atoms with Crippen molar-refractivity contribution in [1.82, 2.24) is 10.2 Å². The molecular weight excluding hydrogens is 138 g/mol. The van der Waals surface area contributed by atoms with Crippen molar-refractivity contribution in [3.63, 3.8) is 0 Å². The molecule has 0 aromatic rings. The number of hydrogen-bond acceptors (Lipinski definition) is 3. The Morgan fingerprint density at radius 2 is 2.55 bits per heavy atom. The first-order chi connectivity index (χ1) is 5.38. The number of rotatable bonds is 1. The minimum absolute atomic E-state index is 0.558. The number of nitrogens with zero attached hydrogens (tertiary/aromatic N) is 2. The second-order valence-electron chi connectivity index (χ2n) is 3.31. The molecule has 2 heterocycles. The van der Waals surface area contributed by atoms with Crippen LogP contribution in [-0.4, -0.2) is 43.5 Å². The minimum atomic E-state index is 0.558. The highest BCUT2D eigenvalue weighted by Gasteiger charge is 2.24. The van der Waals surface area contributed by atoms with E-state index in [1.165, 1.54) is 18.7 Å². The minimum Gasteiger partial charge on any atom is -0.360 e. The van der Waals surface area contributed by atoms with Crippen LogP contribution in [0.15, 0.2) is 4.99 Å². The number of amidine groups is 1. The van der Waals surface area contributed by atoms with Crippen LogP contribution < -0.4 is 5.32 Å². The topological polar surface area (TPSA) is 27.6 Å². The van der Waals surface area contributed by atoms with Crippen molar-refractivity contribution in [3.8, 4) is 0 Å². The van der Waals surface area contributed by atoms with E-state index in [2.05, 4.69) is 22.3 Å². The maximum absolute atomic E-state index is 4.48. The molecule has 0 amide bonds. The van der Waals surface area contributed by atoms with E-state index >= 15 is 0 Å². The summed E-state index contributed by atoms with van der Waals surface area (Å²) in [5.74, 6) is 1.28. The maximum atomic E-state index is 4.48. The van der Waals surface area contributed by atoms with Crippen LogP contribution in [0.5, 0.6) is 0 Å². The molecule has 2 aliphatic rings. The third-order valence-electron chi connectivity index (χ3n) is 2.47. The maximum Gasteiger partial charge on any atom is 0.116 e. The zero-order valence-corrected chi connectivity index (χ0v) is 7.01. The molecule has 2 rings (SSSR count). The molecule has 0 unspecified atom stereocenters. The molecule has 3 heteroatoms. The molecule has 1 saturated heterocycles. The molecule has 1 atom stereocenters. The van der Waals surface area contributed by atoms with Gasteiger partial charge in [-0.2, -0.15) is 0 Å². The Kier molecular flexibility index (Phi) is 1.82. The van der Waals surface area contributed by atoms with E-state index in [1.807, 2.05) is 0 Å². The lowest BCUT2D eigenvalue weighted by atomic mass is 10.2. The molecule has 0 bridgehead atoms. The van der Waals surface area contributed by atoms with Gasteiger partial charge < -0.3 is 10.2 Å². The fourth-order valence-corrected chi connectivity index (χ4v) is 1.83. The quantitative estimate of drug-likeness (QED) is 0.578. The van der Waals surface area contributed by atoms with Crippen LogP contribution in [0.4, 0.5) is 0 Å². The fraction of sp³-hybridized carbons (Fsp3) is 0.875. The van der Waals surface area contributed by atoms with Gasteiger partial charge in [-0.15, -0.1) is 0 Å². The van der Waals surface area contributed by atoms with Crippen LogP contribution in [-0.2, 0) is 0 Å². The van der Waals surface area contributed by atoms with Gasteiger partial charge in [0.05, 0.1) is 12.6 Å². The van der Waals surface area contributed by atoms with Crippen molar-refractivity contribution in [2.75, 3.05) is 26.7 Å². The van der Waals surface area contributed by atoms with Crippen LogP contribution in [0.1, 0.15) is 12.8 Å². The molecule has 3 nitrogen and oxygen atoms in total. The van der Waals surface area contributed by atoms with Crippen LogP contribution in [0.25, 0.3) is 0 Å². The standard InChI is InChI=1S/C8H15N3/c1-11-6-5-10-8(11)7-3-2-4-9-7/h7,9H,2-6H2,1H3/t7-/m0/s1. The molecule has 1 N–H and O–H groups in total. The largest absolute Gasteiger partial charge is 0.360 e. The van der Waals surface area contributed by atoms with Crippen LogP contribution in [0, 0.1) is 0 Å². The molecule has 0 aliphatic carbocycles. The molecule has 11 heavy (non-hydrogen) atoms. The lowest BCUT2D eigenvalue weighted by Gasteiger charge is -2.18. The Morgan fingerprint density at radius 3 is 3.09 bits per heavy atom. The zero-order valence-electron chi connectivity index (χ0n) is 7.01. The molecule has 1 fully saturated rings. The van der Waals surface area contributed by atoms with Crippen LogP contribution >= 0.6 is 0 Å². The van der Waals surface area contributed by atoms with Crippen molar-refractivity contribution in [1.29, 1.82) is 0 Å². The van der Waals surface area contributed by atoms with Gasteiger partial charge in [-0.1, -0.05) is 0 Å². The Morgan fingerprint density at radius 1 is 1.64 bits per heavy atom. The Balaban J connectivity index is 2.02. The van der Waals surface area contributed by atoms with Crippen molar-refractivity contribution >= 4 is 5.84 Å². The van der Waals surface area contributed by atoms with Crippen molar-refractivity contribution in [2.24, 2.45) is 4.99 Å². The average Bonchev–Trinajstić information content (AvgIpc) is 2.55. The summed E-state index contributed by atoms with van der Waals surface area (Å²) in [6, 6.07) is 0.558. The van der Waals surface area contributed by atoms with Crippen molar-refractivity contribution in [2.45, 2.75) is 18.9 Å². The highest BCUT2D eigenvalue weighted by atomic mass is 15.2. The first-order valence-corrected chi connectivity index (χ1v) is 4.37. The summed E-state index contributed by atoms with van der Waals surface area (Å²) in [7, 11) is 2.13. The molecule has 0 aromatic heterocycles. The third-order valence-corrected chi connectivity index (χ3v) is 2.47. The lowest BCUT2D eigenvalue weighted by molar-refractivity contribution is 0.525. The Bertz CT molecular complexity index is 170. The molecule has 2 aliphatic heterocycles. The monoisotopic (exact) mass is 153 g/mol. The van der Waals surface area contributed by atoms with Crippen molar-refractivity contribution in [3.05, 3.63) is 0 Å². The van der Waals surface area contributed by atoms with Gasteiger partial charge in [0.15, 0.2) is 0 Å². The summed E-state index contributed by atoms with van der Waals surface area (Å²) in [5, 5.41) is 3.46. The zero-order chi connectivity index (χ0) is 7.68. The van der Waals surface area contributed by atoms with Gasteiger partial charge in [-0.05, 0) is 19.4 Å². The molecule has 0 spiro atoms. The van der Waals surface area contributed by atoms with Gasteiger partial charge >= 0.3 is 0 Å². The van der Waals surface area contributed by atoms with Crippen molar-refractivity contribution < 1.29 is 0 Å². The average molecular weight is 153 g/mol. The molecule has 0 radical (unpaired) electrons. The summed E-state index contributed by atoms with van der Waals surface area (Å²) >= 11 is 0. The highest BCUT2D eigenvalue weighted by molar-refractivity contribution is 5.88. The number of nitrogens with one attached hydrogen (secondary N) is 1. The van der Waals surface area contributed by atoms with Crippen LogP contribution in [0.3, 0.4) is 0 Å². The lowest BCUT2D eigenvalue weighted by Crippen LogP contribution is -2.39. The third kappa shape index (κ3) is 1.25. The normalized spacial score (nSPS) is 31.2. The van der Waals surface area contributed by atoms with E-state index in [9.17, 15) is 0 Å². The summed E-state index contributed by atoms with van der Waals surface area (Å²) < 4.78 is 0. The summed E-state index contributed by atoms with van der Waals surface area (Å²) in [4.78, 5) is 6.75. The number of hydrogen-bond donors (Lipinski definition) is 1. The summed E-state index contributed by atoms with van der Waals surface area (Å²) in [5.41, 5.74) is 0. The van der Waals surface area contributed by atoms with E-state index < -0.39 is 0 Å². The van der Waals surface area contributed by atoms with E-state index in [0.717, 1.165) is 19.6 Å². The van der Waals surface area contributed by atoms with Gasteiger partial charge in [0.25, 0.3) is 0 Å². The number of likely N-dealkylation sites (N-methyl/N-ethyl adjacent to an activating group) is 1. The first-order valence-electron chi connectivity index (χ1n) is 4.37. The van der Waals surface area contributed by atoms with Crippen LogP contribution in [0.2, 0.25) is 0 Å². The summed E-state index contributed by atoms with van der Waals surface area (Å²) in [6.45, 7) is 3.26. The van der Waals surface area contributed by atoms with Gasteiger partial charge in [0.1, 0.15) is 5.84 Å². The molecule has 0 aromatic carbocycles. The predicted molar refractivity (Wildman–Crippen MR) is 46.0 cm³/mol. The second kappa shape index (κ2) is 2.81. The Labute approximate surface area is 67.5 Å². The highest BCUT2D eigenvalue weighted by Crippen LogP contribution is 2.11. The summed E-state index contributed by atoms with van der Waals surface area (Å²) in [6.07, 6.45) is 2.57. The second-order valence-corrected chi connectivity index (χ2v) is 3.31. The van der Waals surface area contributed by atoms with E-state index in [4.69, 9.17) is 0 Å². The van der Waals surface area contributed by atoms with Gasteiger partial charge in [0.2, 0.25) is 0 Å².